The summed E-state index contributed by atoms with van der Waals surface area (Å²) in [6.45, 7) is 5.32. The number of hydrogen-bond donors (Lipinski definition) is 0. The monoisotopic (exact) mass is 300 g/mol. The van der Waals surface area contributed by atoms with Crippen molar-refractivity contribution in [2.24, 2.45) is 0 Å². The van der Waals surface area contributed by atoms with Crippen LogP contribution in [0.4, 0.5) is 0 Å². The Hall–Kier alpha value is -1.06. The molecule has 0 amide bonds. The van der Waals surface area contributed by atoms with Gasteiger partial charge in [0.1, 0.15) is 0 Å². The minimum absolute atomic E-state index is 0.150. The summed E-state index contributed by atoms with van der Waals surface area (Å²) in [7, 11) is 0. The average Bonchev–Trinajstić information content (AvgIpc) is 2.48. The molecule has 0 aliphatic rings. The smallest absolute Gasteiger partial charge is 0.305 e. The van der Waals surface area contributed by atoms with Crippen LogP contribution in [-0.4, -0.2) is 25.2 Å². The molecule has 0 rings (SSSR count). The number of carbonyl (C=O) groups excluding carboxylic acids is 2. The van der Waals surface area contributed by atoms with Gasteiger partial charge in [-0.05, 0) is 25.7 Å². The van der Waals surface area contributed by atoms with Crippen LogP contribution >= 0.6 is 0 Å². The maximum atomic E-state index is 11.4. The number of rotatable bonds is 14. The molecule has 124 valence electrons. The lowest BCUT2D eigenvalue weighted by Gasteiger charge is -2.05. The number of ether oxygens (including phenoxy) is 2. The fourth-order valence-electron chi connectivity index (χ4n) is 1.94. The Morgan fingerprint density at radius 2 is 1.05 bits per heavy atom. The topological polar surface area (TPSA) is 52.6 Å². The van der Waals surface area contributed by atoms with Gasteiger partial charge in [0, 0.05) is 12.8 Å². The van der Waals surface area contributed by atoms with Crippen molar-refractivity contribution in [2.75, 3.05) is 13.2 Å². The quantitative estimate of drug-likeness (QED) is 0.352. The third-order valence-corrected chi connectivity index (χ3v) is 3.28. The third kappa shape index (κ3) is 15.2. The first-order valence-electron chi connectivity index (χ1n) is 8.52. The summed E-state index contributed by atoms with van der Waals surface area (Å²) in [5, 5.41) is 0. The van der Waals surface area contributed by atoms with E-state index in [0.717, 1.165) is 32.1 Å². The van der Waals surface area contributed by atoms with E-state index in [2.05, 4.69) is 13.8 Å². The predicted molar refractivity (Wildman–Crippen MR) is 84.1 cm³/mol. The molecule has 0 saturated heterocycles. The molecule has 0 aliphatic carbocycles. The molecule has 0 aromatic carbocycles. The second-order valence-corrected chi connectivity index (χ2v) is 5.42. The van der Waals surface area contributed by atoms with Gasteiger partial charge in [0.05, 0.1) is 13.2 Å². The van der Waals surface area contributed by atoms with E-state index in [0.29, 0.717) is 38.9 Å². The minimum Gasteiger partial charge on any atom is -0.466 e. The Kier molecular flexibility index (Phi) is 14.6. The first-order chi connectivity index (χ1) is 10.2. The zero-order valence-corrected chi connectivity index (χ0v) is 13.8. The van der Waals surface area contributed by atoms with E-state index in [-0.39, 0.29) is 11.9 Å². The highest BCUT2D eigenvalue weighted by atomic mass is 16.5. The molecule has 0 aromatic heterocycles. The van der Waals surface area contributed by atoms with Crippen molar-refractivity contribution in [1.29, 1.82) is 0 Å². The highest BCUT2D eigenvalue weighted by Crippen LogP contribution is 2.05. The highest BCUT2D eigenvalue weighted by molar-refractivity contribution is 5.70. The number of hydrogen-bond acceptors (Lipinski definition) is 4. The molecule has 21 heavy (non-hydrogen) atoms. The van der Waals surface area contributed by atoms with E-state index in [1.165, 1.54) is 12.8 Å². The van der Waals surface area contributed by atoms with E-state index in [4.69, 9.17) is 9.47 Å². The van der Waals surface area contributed by atoms with Crippen LogP contribution in [0.15, 0.2) is 0 Å². The van der Waals surface area contributed by atoms with Gasteiger partial charge in [0.2, 0.25) is 0 Å². The van der Waals surface area contributed by atoms with E-state index < -0.39 is 0 Å². The molecule has 0 N–H and O–H groups in total. The van der Waals surface area contributed by atoms with Gasteiger partial charge in [-0.3, -0.25) is 9.59 Å². The van der Waals surface area contributed by atoms with E-state index in [1.54, 1.807) is 0 Å². The summed E-state index contributed by atoms with van der Waals surface area (Å²) in [5.74, 6) is -0.304. The van der Waals surface area contributed by atoms with Gasteiger partial charge in [0.25, 0.3) is 0 Å². The van der Waals surface area contributed by atoms with Gasteiger partial charge in [-0.1, -0.05) is 46.0 Å². The van der Waals surface area contributed by atoms with Gasteiger partial charge in [-0.25, -0.2) is 0 Å². The number of esters is 2. The van der Waals surface area contributed by atoms with Crippen LogP contribution in [0.25, 0.3) is 0 Å². The normalized spacial score (nSPS) is 10.4. The Labute approximate surface area is 129 Å². The van der Waals surface area contributed by atoms with Crippen molar-refractivity contribution in [1.82, 2.24) is 0 Å². The average molecular weight is 300 g/mol. The zero-order chi connectivity index (χ0) is 15.8. The summed E-state index contributed by atoms with van der Waals surface area (Å²) in [5.41, 5.74) is 0. The molecule has 0 aromatic rings. The van der Waals surface area contributed by atoms with Crippen molar-refractivity contribution in [3.05, 3.63) is 0 Å². The molecule has 0 saturated carbocycles. The Bertz CT molecular complexity index is 264. The lowest BCUT2D eigenvalue weighted by molar-refractivity contribution is -0.146. The molecule has 0 spiro atoms. The molecule has 0 atom stereocenters. The molecular weight excluding hydrogens is 268 g/mol. The van der Waals surface area contributed by atoms with Crippen molar-refractivity contribution in [2.45, 2.75) is 84.5 Å². The number of carbonyl (C=O) groups is 2. The van der Waals surface area contributed by atoms with E-state index in [9.17, 15) is 9.59 Å². The van der Waals surface area contributed by atoms with Crippen LogP contribution in [0.5, 0.6) is 0 Å². The SMILES string of the molecule is CCCCCCOC(=O)CCCCC(=O)OCCCCC. The number of unbranched alkanes of at least 4 members (excludes halogenated alkanes) is 6. The Morgan fingerprint density at radius 1 is 0.619 bits per heavy atom. The Morgan fingerprint density at radius 3 is 1.52 bits per heavy atom. The molecule has 0 radical (unpaired) electrons. The molecule has 0 unspecified atom stereocenters. The van der Waals surface area contributed by atoms with Crippen molar-refractivity contribution >= 4 is 11.9 Å². The zero-order valence-electron chi connectivity index (χ0n) is 13.8. The molecule has 0 bridgehead atoms. The third-order valence-electron chi connectivity index (χ3n) is 3.28. The summed E-state index contributed by atoms with van der Waals surface area (Å²) in [6, 6.07) is 0. The fourth-order valence-corrected chi connectivity index (χ4v) is 1.94. The van der Waals surface area contributed by atoms with E-state index >= 15 is 0 Å². The van der Waals surface area contributed by atoms with Crippen molar-refractivity contribution in [3.8, 4) is 0 Å². The molecule has 0 heterocycles. The second kappa shape index (κ2) is 15.3. The maximum Gasteiger partial charge on any atom is 0.305 e. The van der Waals surface area contributed by atoms with Crippen LogP contribution in [0.2, 0.25) is 0 Å². The molecule has 0 fully saturated rings. The maximum absolute atomic E-state index is 11.4. The highest BCUT2D eigenvalue weighted by Gasteiger charge is 2.06. The lowest BCUT2D eigenvalue weighted by atomic mass is 10.2. The van der Waals surface area contributed by atoms with Crippen molar-refractivity contribution in [3.63, 3.8) is 0 Å². The van der Waals surface area contributed by atoms with Gasteiger partial charge >= 0.3 is 11.9 Å². The standard InChI is InChI=1S/C17H32O4/c1-3-5-7-11-15-21-17(19)13-9-8-12-16(18)20-14-10-6-4-2/h3-15H2,1-2H3. The Balaban J connectivity index is 3.32. The summed E-state index contributed by atoms with van der Waals surface area (Å²) >= 11 is 0. The first kappa shape index (κ1) is 19.9. The fraction of sp³-hybridized carbons (Fsp3) is 0.882. The first-order valence-corrected chi connectivity index (χ1v) is 8.52. The molecule has 4 heteroatoms. The van der Waals surface area contributed by atoms with Crippen LogP contribution in [0.3, 0.4) is 0 Å². The van der Waals surface area contributed by atoms with Crippen molar-refractivity contribution < 1.29 is 19.1 Å². The second-order valence-electron chi connectivity index (χ2n) is 5.42. The largest absolute Gasteiger partial charge is 0.466 e. The van der Waals surface area contributed by atoms with E-state index in [1.807, 2.05) is 0 Å². The van der Waals surface area contributed by atoms with Gasteiger partial charge in [-0.2, -0.15) is 0 Å². The minimum atomic E-state index is -0.154. The molecular formula is C17H32O4. The lowest BCUT2D eigenvalue weighted by Crippen LogP contribution is -2.08. The summed E-state index contributed by atoms with van der Waals surface area (Å²) in [4.78, 5) is 22.8. The van der Waals surface area contributed by atoms with Crippen LogP contribution in [0.1, 0.15) is 84.5 Å². The summed E-state index contributed by atoms with van der Waals surface area (Å²) in [6.07, 6.45) is 9.78. The molecule has 4 nitrogen and oxygen atoms in total. The van der Waals surface area contributed by atoms with Gasteiger partial charge in [0.15, 0.2) is 0 Å². The van der Waals surface area contributed by atoms with Crippen LogP contribution in [-0.2, 0) is 19.1 Å². The predicted octanol–water partition coefficient (Wildman–Crippen LogP) is 4.40. The van der Waals surface area contributed by atoms with Crippen LogP contribution in [0, 0.1) is 0 Å². The van der Waals surface area contributed by atoms with Gasteiger partial charge in [-0.15, -0.1) is 0 Å². The molecule has 0 aliphatic heterocycles. The van der Waals surface area contributed by atoms with Crippen LogP contribution < -0.4 is 0 Å². The van der Waals surface area contributed by atoms with Gasteiger partial charge < -0.3 is 9.47 Å². The summed E-state index contributed by atoms with van der Waals surface area (Å²) < 4.78 is 10.2.